The molecule has 1 aromatic heterocycles. The summed E-state index contributed by atoms with van der Waals surface area (Å²) in [7, 11) is 0. The lowest BCUT2D eigenvalue weighted by atomic mass is 9.97. The Kier molecular flexibility index (Phi) is 8.43. The molecular formula is C24H17ClF5N3O2S. The molecule has 0 fully saturated rings. The Morgan fingerprint density at radius 2 is 1.89 bits per heavy atom. The fourth-order valence-electron chi connectivity index (χ4n) is 3.12. The number of halogens is 6. The highest BCUT2D eigenvalue weighted by atomic mass is 35.5. The molecule has 5 nitrogen and oxygen atoms in total. The molecule has 188 valence electrons. The second-order valence-electron chi connectivity index (χ2n) is 7.50. The molecule has 0 aliphatic heterocycles. The molecule has 1 amide bonds. The summed E-state index contributed by atoms with van der Waals surface area (Å²) in [5.41, 5.74) is 1.09. The molecule has 3 aromatic rings. The average molecular weight is 542 g/mol. The van der Waals surface area contributed by atoms with E-state index in [1.54, 1.807) is 25.1 Å². The number of ether oxygens (including phenoxy) is 1. The summed E-state index contributed by atoms with van der Waals surface area (Å²) in [6.45, 7) is 0.571. The van der Waals surface area contributed by atoms with E-state index in [1.165, 1.54) is 12.1 Å². The smallest absolute Gasteiger partial charge is 0.433 e. The predicted octanol–water partition coefficient (Wildman–Crippen LogP) is 7.24. The van der Waals surface area contributed by atoms with E-state index in [0.29, 0.717) is 17.3 Å². The van der Waals surface area contributed by atoms with Crippen molar-refractivity contribution in [1.29, 1.82) is 5.26 Å². The van der Waals surface area contributed by atoms with Crippen LogP contribution in [0.25, 0.3) is 11.1 Å². The largest absolute Gasteiger partial charge is 0.433 e. The highest BCUT2D eigenvalue weighted by Gasteiger charge is 2.34. The third-order valence-electron chi connectivity index (χ3n) is 4.98. The van der Waals surface area contributed by atoms with Gasteiger partial charge in [-0.15, -0.1) is 0 Å². The van der Waals surface area contributed by atoms with Crippen LogP contribution in [0.1, 0.15) is 22.4 Å². The number of aromatic nitrogens is 1. The van der Waals surface area contributed by atoms with E-state index in [4.69, 9.17) is 11.6 Å². The van der Waals surface area contributed by atoms with Gasteiger partial charge in [0.1, 0.15) is 22.5 Å². The summed E-state index contributed by atoms with van der Waals surface area (Å²) in [6, 6.07) is 11.3. The van der Waals surface area contributed by atoms with Gasteiger partial charge in [0.15, 0.2) is 0 Å². The SMILES string of the molecule is Cc1ccc(-c2cc(C(F)(F)F)nc(SCC(=O)Nc3ccc(OC(F)F)c(Cl)c3)c2C#N)cc1C. The Labute approximate surface area is 212 Å². The number of nitriles is 1. The topological polar surface area (TPSA) is 75.0 Å². The van der Waals surface area contributed by atoms with Crippen LogP contribution in [0.2, 0.25) is 5.02 Å². The van der Waals surface area contributed by atoms with Crippen molar-refractivity contribution in [3.63, 3.8) is 0 Å². The molecule has 12 heteroatoms. The van der Waals surface area contributed by atoms with Crippen LogP contribution in [0.3, 0.4) is 0 Å². The number of aryl methyl sites for hydroxylation is 2. The van der Waals surface area contributed by atoms with Crippen LogP contribution in [0.15, 0.2) is 47.5 Å². The zero-order chi connectivity index (χ0) is 26.6. The van der Waals surface area contributed by atoms with Crippen molar-refractivity contribution in [3.05, 3.63) is 69.9 Å². The fourth-order valence-corrected chi connectivity index (χ4v) is 4.15. The Morgan fingerprint density at radius 1 is 1.17 bits per heavy atom. The normalized spacial score (nSPS) is 11.3. The minimum atomic E-state index is -4.78. The number of nitrogens with one attached hydrogen (secondary N) is 1. The second-order valence-corrected chi connectivity index (χ2v) is 8.88. The number of carbonyl (C=O) groups is 1. The van der Waals surface area contributed by atoms with Gasteiger partial charge in [0.2, 0.25) is 5.91 Å². The molecule has 1 heterocycles. The summed E-state index contributed by atoms with van der Waals surface area (Å²) in [4.78, 5) is 16.0. The molecule has 0 saturated heterocycles. The Morgan fingerprint density at radius 3 is 2.47 bits per heavy atom. The van der Waals surface area contributed by atoms with Gasteiger partial charge in [-0.25, -0.2) is 4.98 Å². The van der Waals surface area contributed by atoms with E-state index in [1.807, 2.05) is 13.0 Å². The number of thioether (sulfide) groups is 1. The highest BCUT2D eigenvalue weighted by Crippen LogP contribution is 2.37. The summed E-state index contributed by atoms with van der Waals surface area (Å²) in [5.74, 6) is -1.32. The van der Waals surface area contributed by atoms with Gasteiger partial charge in [0.25, 0.3) is 0 Å². The quantitative estimate of drug-likeness (QED) is 0.252. The maximum Gasteiger partial charge on any atom is 0.433 e. The number of nitrogens with zero attached hydrogens (tertiary/aromatic N) is 2. The third-order valence-corrected chi connectivity index (χ3v) is 6.25. The Hall–Kier alpha value is -3.36. The summed E-state index contributed by atoms with van der Waals surface area (Å²) < 4.78 is 69.7. The van der Waals surface area contributed by atoms with Gasteiger partial charge in [-0.3, -0.25) is 4.79 Å². The number of benzene rings is 2. The van der Waals surface area contributed by atoms with Crippen LogP contribution < -0.4 is 10.1 Å². The first-order valence-electron chi connectivity index (χ1n) is 10.2. The number of alkyl halides is 5. The minimum Gasteiger partial charge on any atom is -0.433 e. The number of hydrogen-bond donors (Lipinski definition) is 1. The zero-order valence-electron chi connectivity index (χ0n) is 18.7. The van der Waals surface area contributed by atoms with Gasteiger partial charge in [-0.05, 0) is 54.8 Å². The number of carbonyl (C=O) groups excluding carboxylic acids is 1. The van der Waals surface area contributed by atoms with Gasteiger partial charge in [0, 0.05) is 11.3 Å². The molecule has 0 atom stereocenters. The van der Waals surface area contributed by atoms with Gasteiger partial charge >= 0.3 is 12.8 Å². The van der Waals surface area contributed by atoms with Gasteiger partial charge in [0.05, 0.1) is 16.3 Å². The van der Waals surface area contributed by atoms with Crippen molar-refractivity contribution < 1.29 is 31.5 Å². The monoisotopic (exact) mass is 541 g/mol. The molecule has 0 unspecified atom stereocenters. The van der Waals surface area contributed by atoms with Gasteiger partial charge < -0.3 is 10.1 Å². The van der Waals surface area contributed by atoms with Crippen LogP contribution in [0.4, 0.5) is 27.6 Å². The standard InChI is InChI=1S/C24H17ClF5N3O2S/c1-12-3-4-14(7-13(12)2)16-9-20(24(28,29)30)33-22(17(16)10-31)36-11-21(34)32-15-5-6-19(18(25)8-15)35-23(26)27/h3-9,23H,11H2,1-2H3,(H,32,34). The number of anilines is 1. The molecular weight excluding hydrogens is 525 g/mol. The molecule has 0 aliphatic rings. The fraction of sp³-hybridized carbons (Fsp3) is 0.208. The van der Waals surface area contributed by atoms with E-state index in [-0.39, 0.29) is 38.4 Å². The molecule has 3 rings (SSSR count). The van der Waals surface area contributed by atoms with E-state index in [0.717, 1.165) is 23.3 Å². The van der Waals surface area contributed by atoms with Crippen LogP contribution in [0, 0.1) is 25.2 Å². The molecule has 0 radical (unpaired) electrons. The van der Waals surface area contributed by atoms with Crippen molar-refractivity contribution in [2.75, 3.05) is 11.1 Å². The zero-order valence-corrected chi connectivity index (χ0v) is 20.3. The van der Waals surface area contributed by atoms with Crippen LogP contribution in [-0.2, 0) is 11.0 Å². The first-order valence-corrected chi connectivity index (χ1v) is 11.5. The van der Waals surface area contributed by atoms with Crippen molar-refractivity contribution in [3.8, 4) is 22.9 Å². The molecule has 1 N–H and O–H groups in total. The lowest BCUT2D eigenvalue weighted by Gasteiger charge is -2.15. The lowest BCUT2D eigenvalue weighted by Crippen LogP contribution is -2.15. The van der Waals surface area contributed by atoms with Crippen molar-refractivity contribution in [2.24, 2.45) is 0 Å². The third kappa shape index (κ3) is 6.65. The summed E-state index contributed by atoms with van der Waals surface area (Å²) in [6.07, 6.45) is -4.78. The number of pyridine rings is 1. The maximum atomic E-state index is 13.6. The van der Waals surface area contributed by atoms with Crippen LogP contribution in [0.5, 0.6) is 5.75 Å². The summed E-state index contributed by atoms with van der Waals surface area (Å²) >= 11 is 6.52. The minimum absolute atomic E-state index is 0.0484. The number of rotatable bonds is 7. The first-order chi connectivity index (χ1) is 16.9. The molecule has 36 heavy (non-hydrogen) atoms. The Bertz CT molecular complexity index is 1340. The van der Waals surface area contributed by atoms with E-state index >= 15 is 0 Å². The number of amides is 1. The van der Waals surface area contributed by atoms with Gasteiger partial charge in [-0.1, -0.05) is 41.6 Å². The molecule has 2 aromatic carbocycles. The van der Waals surface area contributed by atoms with Crippen LogP contribution in [-0.4, -0.2) is 23.3 Å². The van der Waals surface area contributed by atoms with Gasteiger partial charge in [-0.2, -0.15) is 27.2 Å². The van der Waals surface area contributed by atoms with Crippen molar-refractivity contribution in [1.82, 2.24) is 4.98 Å². The maximum absolute atomic E-state index is 13.6. The molecule has 0 spiro atoms. The van der Waals surface area contributed by atoms with E-state index in [9.17, 15) is 32.0 Å². The summed E-state index contributed by atoms with van der Waals surface area (Å²) in [5, 5.41) is 11.8. The second kappa shape index (κ2) is 11.1. The van der Waals surface area contributed by atoms with Crippen molar-refractivity contribution in [2.45, 2.75) is 31.7 Å². The first kappa shape index (κ1) is 27.2. The van der Waals surface area contributed by atoms with Crippen LogP contribution >= 0.6 is 23.4 Å². The predicted molar refractivity (Wildman–Crippen MR) is 126 cm³/mol. The number of hydrogen-bond acceptors (Lipinski definition) is 5. The Balaban J connectivity index is 1.87. The average Bonchev–Trinajstić information content (AvgIpc) is 2.79. The van der Waals surface area contributed by atoms with E-state index in [2.05, 4.69) is 15.0 Å². The van der Waals surface area contributed by atoms with Crippen molar-refractivity contribution >= 4 is 35.0 Å². The highest BCUT2D eigenvalue weighted by molar-refractivity contribution is 8.00. The molecule has 0 aliphatic carbocycles. The molecule has 0 saturated carbocycles. The van der Waals surface area contributed by atoms with E-state index < -0.39 is 24.4 Å². The molecule has 0 bridgehead atoms. The lowest BCUT2D eigenvalue weighted by molar-refractivity contribution is -0.141.